The molecule has 4 unspecified atom stereocenters. The van der Waals surface area contributed by atoms with Crippen LogP contribution in [0.4, 0.5) is 0 Å². The van der Waals surface area contributed by atoms with Crippen LogP contribution in [0.2, 0.25) is 43.9 Å². The summed E-state index contributed by atoms with van der Waals surface area (Å²) in [4.78, 5) is 0. The minimum Gasteiger partial charge on any atom is -0.370 e. The molecule has 0 N–H and O–H groups in total. The summed E-state index contributed by atoms with van der Waals surface area (Å²) in [6.45, 7) is 15.5. The summed E-state index contributed by atoms with van der Waals surface area (Å²) >= 11 is 0. The number of fused-ring (bicyclic) bond motifs is 1. The lowest BCUT2D eigenvalue weighted by Gasteiger charge is -2.39. The quantitative estimate of drug-likeness (QED) is 0.515. The van der Waals surface area contributed by atoms with Crippen molar-refractivity contribution in [1.82, 2.24) is 0 Å². The van der Waals surface area contributed by atoms with Crippen LogP contribution in [0.25, 0.3) is 0 Å². The van der Waals surface area contributed by atoms with Crippen molar-refractivity contribution in [2.75, 3.05) is 0 Å². The molecule has 1 aliphatic heterocycles. The summed E-state index contributed by atoms with van der Waals surface area (Å²) in [7, 11) is -1.96. The van der Waals surface area contributed by atoms with Crippen molar-refractivity contribution >= 4 is 16.1 Å². The van der Waals surface area contributed by atoms with Gasteiger partial charge in [-0.3, -0.25) is 0 Å². The van der Waals surface area contributed by atoms with Gasteiger partial charge in [0.15, 0.2) is 0 Å². The zero-order chi connectivity index (χ0) is 13.6. The third kappa shape index (κ3) is 3.48. The highest BCUT2D eigenvalue weighted by Crippen LogP contribution is 2.43. The van der Waals surface area contributed by atoms with Crippen LogP contribution in [0.3, 0.4) is 0 Å². The molecule has 106 valence electrons. The number of epoxide rings is 1. The zero-order valence-corrected chi connectivity index (χ0v) is 15.3. The molecule has 0 aromatic carbocycles. The molecule has 0 aromatic rings. The highest BCUT2D eigenvalue weighted by Gasteiger charge is 2.44. The Morgan fingerprint density at radius 3 is 2.28 bits per heavy atom. The van der Waals surface area contributed by atoms with Crippen LogP contribution in [-0.4, -0.2) is 28.4 Å². The molecule has 1 saturated heterocycles. The molecule has 0 amide bonds. The van der Waals surface area contributed by atoms with Gasteiger partial charge in [-0.1, -0.05) is 57.3 Å². The van der Waals surface area contributed by atoms with Crippen molar-refractivity contribution in [2.45, 2.75) is 88.8 Å². The second-order valence-corrected chi connectivity index (χ2v) is 20.0. The van der Waals surface area contributed by atoms with E-state index in [0.717, 1.165) is 11.1 Å². The topological polar surface area (TPSA) is 12.5 Å². The average Bonchev–Trinajstić information content (AvgIpc) is 3.02. The van der Waals surface area contributed by atoms with Crippen LogP contribution in [0.5, 0.6) is 0 Å². The predicted octanol–water partition coefficient (Wildman–Crippen LogP) is 4.92. The van der Waals surface area contributed by atoms with Gasteiger partial charge >= 0.3 is 0 Å². The number of hydrogen-bond acceptors (Lipinski definition) is 1. The maximum atomic E-state index is 5.66. The Morgan fingerprint density at radius 2 is 1.72 bits per heavy atom. The Balaban J connectivity index is 1.80. The summed E-state index contributed by atoms with van der Waals surface area (Å²) in [5, 5.41) is 1.04. The molecule has 0 radical (unpaired) electrons. The molecule has 1 nitrogen and oxygen atoms in total. The Bertz CT molecular complexity index is 295. The molecule has 0 bridgehead atoms. The molecule has 0 spiro atoms. The third-order valence-corrected chi connectivity index (χ3v) is 17.2. The van der Waals surface area contributed by atoms with Gasteiger partial charge in [0.25, 0.3) is 0 Å². The first-order valence-electron chi connectivity index (χ1n) is 7.85. The molecule has 2 aliphatic rings. The maximum Gasteiger partial charge on any atom is 0.0844 e. The van der Waals surface area contributed by atoms with E-state index in [1.54, 1.807) is 6.04 Å². The molecule has 4 atom stereocenters. The van der Waals surface area contributed by atoms with Crippen LogP contribution in [-0.2, 0) is 4.74 Å². The largest absolute Gasteiger partial charge is 0.370 e. The van der Waals surface area contributed by atoms with E-state index in [-0.39, 0.29) is 0 Å². The van der Waals surface area contributed by atoms with Gasteiger partial charge in [0.05, 0.1) is 12.2 Å². The van der Waals surface area contributed by atoms with Crippen LogP contribution < -0.4 is 0 Å². The van der Waals surface area contributed by atoms with E-state index in [9.17, 15) is 0 Å². The Morgan fingerprint density at radius 1 is 1.06 bits per heavy atom. The first-order valence-corrected chi connectivity index (χ1v) is 14.7. The lowest BCUT2D eigenvalue weighted by Crippen LogP contribution is -2.44. The van der Waals surface area contributed by atoms with Crippen molar-refractivity contribution < 1.29 is 4.74 Å². The molecular formula is C15H32OSi2. The first kappa shape index (κ1) is 14.8. The van der Waals surface area contributed by atoms with Gasteiger partial charge in [-0.05, 0) is 25.2 Å². The average molecular weight is 285 g/mol. The van der Waals surface area contributed by atoms with Crippen LogP contribution in [0.15, 0.2) is 0 Å². The lowest BCUT2D eigenvalue weighted by molar-refractivity contribution is 0.357. The van der Waals surface area contributed by atoms with Gasteiger partial charge in [0.1, 0.15) is 0 Å². The minimum absolute atomic E-state index is 0.669. The molecular weight excluding hydrogens is 252 g/mol. The highest BCUT2D eigenvalue weighted by atomic mass is 28.4. The number of ether oxygens (including phenoxy) is 1. The second-order valence-electron chi connectivity index (χ2n) is 8.51. The number of hydrogen-bond donors (Lipinski definition) is 0. The fraction of sp³-hybridized carbons (Fsp3) is 1.00. The second kappa shape index (κ2) is 5.06. The molecule has 1 aliphatic carbocycles. The molecule has 1 heterocycles. The maximum absolute atomic E-state index is 5.66. The SMILES string of the molecule is CC([Si](C)(C)C)[Si](C)(C)CCC1CCC2OC2C1. The van der Waals surface area contributed by atoms with Gasteiger partial charge in [-0.15, -0.1) is 0 Å². The lowest BCUT2D eigenvalue weighted by atomic mass is 9.87. The Hall–Kier alpha value is 0.394. The first-order chi connectivity index (χ1) is 8.20. The monoisotopic (exact) mass is 284 g/mol. The van der Waals surface area contributed by atoms with Crippen LogP contribution >= 0.6 is 0 Å². The molecule has 1 saturated carbocycles. The van der Waals surface area contributed by atoms with E-state index in [4.69, 9.17) is 4.74 Å². The molecule has 0 aromatic heterocycles. The summed E-state index contributed by atoms with van der Waals surface area (Å²) in [6.07, 6.45) is 6.99. The van der Waals surface area contributed by atoms with Gasteiger partial charge in [-0.2, -0.15) is 0 Å². The van der Waals surface area contributed by atoms with E-state index in [1.807, 2.05) is 0 Å². The van der Waals surface area contributed by atoms with E-state index >= 15 is 0 Å². The molecule has 3 heteroatoms. The smallest absolute Gasteiger partial charge is 0.0844 e. The van der Waals surface area contributed by atoms with Gasteiger partial charge in [-0.25, -0.2) is 0 Å². The Labute approximate surface area is 116 Å². The minimum atomic E-state index is -1.01. The van der Waals surface area contributed by atoms with Gasteiger partial charge < -0.3 is 4.74 Å². The standard InChI is InChI=1S/C15H32OSi2/c1-12(17(2,3)4)18(5,6)10-9-13-7-8-14-15(11-13)16-14/h12-15H,7-11H2,1-6H3. The van der Waals surface area contributed by atoms with Crippen molar-refractivity contribution in [3.05, 3.63) is 0 Å². The van der Waals surface area contributed by atoms with Crippen LogP contribution in [0, 0.1) is 5.92 Å². The fourth-order valence-electron chi connectivity index (χ4n) is 3.71. The molecule has 2 rings (SSSR count). The predicted molar refractivity (Wildman–Crippen MR) is 85.7 cm³/mol. The van der Waals surface area contributed by atoms with Crippen molar-refractivity contribution in [2.24, 2.45) is 5.92 Å². The van der Waals surface area contributed by atoms with Gasteiger partial charge in [0, 0.05) is 16.1 Å². The summed E-state index contributed by atoms with van der Waals surface area (Å²) in [5.41, 5.74) is 0. The zero-order valence-electron chi connectivity index (χ0n) is 13.3. The third-order valence-electron chi connectivity index (χ3n) is 5.78. The molecule has 2 fully saturated rings. The summed E-state index contributed by atoms with van der Waals surface area (Å²) in [6, 6.07) is 1.54. The molecule has 18 heavy (non-hydrogen) atoms. The van der Waals surface area contributed by atoms with E-state index in [2.05, 4.69) is 39.7 Å². The highest BCUT2D eigenvalue weighted by molar-refractivity contribution is 6.96. The Kier molecular flexibility index (Phi) is 4.16. The van der Waals surface area contributed by atoms with Crippen molar-refractivity contribution in [3.8, 4) is 0 Å². The fourth-order valence-corrected chi connectivity index (χ4v) is 15.1. The number of rotatable bonds is 5. The van der Waals surface area contributed by atoms with Gasteiger partial charge in [0.2, 0.25) is 0 Å². The van der Waals surface area contributed by atoms with E-state index in [1.165, 1.54) is 25.7 Å². The normalized spacial score (nSPS) is 34.0. The van der Waals surface area contributed by atoms with E-state index in [0.29, 0.717) is 12.2 Å². The summed E-state index contributed by atoms with van der Waals surface area (Å²) in [5.74, 6) is 0.981. The van der Waals surface area contributed by atoms with Crippen molar-refractivity contribution in [3.63, 3.8) is 0 Å². The van der Waals surface area contributed by atoms with Crippen LogP contribution in [0.1, 0.15) is 32.6 Å². The van der Waals surface area contributed by atoms with E-state index < -0.39 is 16.1 Å². The van der Waals surface area contributed by atoms with Crippen molar-refractivity contribution in [1.29, 1.82) is 0 Å². The summed E-state index contributed by atoms with van der Waals surface area (Å²) < 4.78 is 5.66.